The molecular weight excluding hydrogens is 260 g/mol. The van der Waals surface area contributed by atoms with Crippen LogP contribution in [-0.2, 0) is 13.0 Å². The van der Waals surface area contributed by atoms with Gasteiger partial charge in [-0.25, -0.2) is 9.97 Å². The molecule has 1 aliphatic rings. The molecule has 1 saturated heterocycles. The molecule has 2 aromatic rings. The van der Waals surface area contributed by atoms with Crippen molar-refractivity contribution in [3.63, 3.8) is 0 Å². The van der Waals surface area contributed by atoms with Gasteiger partial charge >= 0.3 is 0 Å². The normalized spacial score (nSPS) is 19.9. The second-order valence-corrected chi connectivity index (χ2v) is 6.47. The number of pyridine rings is 1. The van der Waals surface area contributed by atoms with Crippen LogP contribution in [0.25, 0.3) is 11.2 Å². The summed E-state index contributed by atoms with van der Waals surface area (Å²) >= 11 is 0. The van der Waals surface area contributed by atoms with Gasteiger partial charge in [-0.1, -0.05) is 6.92 Å². The average molecular weight is 286 g/mol. The molecule has 1 atom stereocenters. The first kappa shape index (κ1) is 14.5. The minimum Gasteiger partial charge on any atom is -0.313 e. The van der Waals surface area contributed by atoms with Gasteiger partial charge in [0.1, 0.15) is 11.3 Å². The monoisotopic (exact) mass is 286 g/mol. The van der Waals surface area contributed by atoms with Crippen molar-refractivity contribution in [1.82, 2.24) is 19.4 Å². The number of hydrogen-bond acceptors (Lipinski definition) is 3. The van der Waals surface area contributed by atoms with E-state index in [1.54, 1.807) is 0 Å². The highest BCUT2D eigenvalue weighted by atomic mass is 15.2. The molecule has 0 saturated carbocycles. The Morgan fingerprint density at radius 2 is 2.24 bits per heavy atom. The zero-order valence-electron chi connectivity index (χ0n) is 13.4. The Labute approximate surface area is 127 Å². The number of imidazole rings is 1. The lowest BCUT2D eigenvalue weighted by atomic mass is 10.0. The summed E-state index contributed by atoms with van der Waals surface area (Å²) in [6.45, 7) is 10.3. The maximum Gasteiger partial charge on any atom is 0.159 e. The van der Waals surface area contributed by atoms with E-state index in [9.17, 15) is 0 Å². The van der Waals surface area contributed by atoms with Crippen LogP contribution in [0.1, 0.15) is 39.4 Å². The van der Waals surface area contributed by atoms with E-state index in [0.717, 1.165) is 36.5 Å². The molecule has 0 aliphatic carbocycles. The van der Waals surface area contributed by atoms with Crippen molar-refractivity contribution in [2.45, 2.75) is 52.6 Å². The second-order valence-electron chi connectivity index (χ2n) is 6.47. The van der Waals surface area contributed by atoms with Crippen molar-refractivity contribution in [2.24, 2.45) is 5.92 Å². The highest BCUT2D eigenvalue weighted by molar-refractivity contribution is 5.71. The minimum absolute atomic E-state index is 0.658. The molecule has 1 unspecified atom stereocenters. The molecule has 114 valence electrons. The first-order valence-corrected chi connectivity index (χ1v) is 8.23. The van der Waals surface area contributed by atoms with Gasteiger partial charge in [0.25, 0.3) is 0 Å². The third kappa shape index (κ3) is 2.95. The molecule has 0 spiro atoms. The highest BCUT2D eigenvalue weighted by Gasteiger charge is 2.26. The molecule has 0 bridgehead atoms. The number of fused-ring (bicyclic) bond motifs is 1. The fraction of sp³-hybridized carbons (Fsp3) is 0.647. The molecule has 0 radical (unpaired) electrons. The largest absolute Gasteiger partial charge is 0.313 e. The van der Waals surface area contributed by atoms with Crippen LogP contribution in [0.4, 0.5) is 0 Å². The molecule has 0 N–H and O–H groups in total. The Hall–Kier alpha value is -1.42. The molecule has 2 aromatic heterocycles. The summed E-state index contributed by atoms with van der Waals surface area (Å²) in [4.78, 5) is 12.0. The smallest absolute Gasteiger partial charge is 0.159 e. The number of aromatic nitrogens is 3. The Bertz CT molecular complexity index is 602. The Morgan fingerprint density at radius 3 is 2.95 bits per heavy atom. The van der Waals surface area contributed by atoms with Crippen LogP contribution < -0.4 is 0 Å². The van der Waals surface area contributed by atoms with Crippen molar-refractivity contribution in [2.75, 3.05) is 13.1 Å². The molecule has 0 aromatic carbocycles. The molecule has 3 heterocycles. The molecule has 1 aliphatic heterocycles. The Morgan fingerprint density at radius 1 is 1.38 bits per heavy atom. The van der Waals surface area contributed by atoms with Crippen molar-refractivity contribution < 1.29 is 0 Å². The van der Waals surface area contributed by atoms with E-state index in [-0.39, 0.29) is 0 Å². The van der Waals surface area contributed by atoms with Gasteiger partial charge in [-0.05, 0) is 51.3 Å². The average Bonchev–Trinajstić information content (AvgIpc) is 3.06. The number of likely N-dealkylation sites (tertiary alicyclic amines) is 1. The minimum atomic E-state index is 0.658. The van der Waals surface area contributed by atoms with Crippen molar-refractivity contribution >= 4 is 11.2 Å². The van der Waals surface area contributed by atoms with Crippen LogP contribution in [0.2, 0.25) is 0 Å². The van der Waals surface area contributed by atoms with Gasteiger partial charge in [0.15, 0.2) is 5.65 Å². The standard InChI is InChI=1S/C17H26N4/c1-4-9-21-16(19-15-6-5-8-18-17(15)21)11-14-7-10-20(12-14)13(2)3/h5-6,8,13-14H,4,7,9-12H2,1-3H3. The first-order valence-electron chi connectivity index (χ1n) is 8.23. The maximum absolute atomic E-state index is 4.85. The van der Waals surface area contributed by atoms with E-state index in [4.69, 9.17) is 4.98 Å². The van der Waals surface area contributed by atoms with E-state index < -0.39 is 0 Å². The molecule has 4 heteroatoms. The zero-order chi connectivity index (χ0) is 14.8. The third-order valence-corrected chi connectivity index (χ3v) is 4.55. The van der Waals surface area contributed by atoms with Crippen LogP contribution in [0.15, 0.2) is 18.3 Å². The predicted molar refractivity (Wildman–Crippen MR) is 86.3 cm³/mol. The summed E-state index contributed by atoms with van der Waals surface area (Å²) in [7, 11) is 0. The van der Waals surface area contributed by atoms with Gasteiger partial charge in [0.2, 0.25) is 0 Å². The number of nitrogens with zero attached hydrogens (tertiary/aromatic N) is 4. The molecule has 1 fully saturated rings. The van der Waals surface area contributed by atoms with Crippen LogP contribution >= 0.6 is 0 Å². The molecule has 0 amide bonds. The van der Waals surface area contributed by atoms with E-state index >= 15 is 0 Å². The van der Waals surface area contributed by atoms with E-state index in [2.05, 4.69) is 41.3 Å². The maximum atomic E-state index is 4.85. The SMILES string of the molecule is CCCn1c(CC2CCN(C(C)C)C2)nc2cccnc21. The third-order valence-electron chi connectivity index (χ3n) is 4.55. The van der Waals surface area contributed by atoms with Gasteiger partial charge in [0, 0.05) is 31.7 Å². The van der Waals surface area contributed by atoms with E-state index in [1.165, 1.54) is 25.3 Å². The van der Waals surface area contributed by atoms with Gasteiger partial charge in [-0.2, -0.15) is 0 Å². The molecule has 3 rings (SSSR count). The molecular formula is C17H26N4. The van der Waals surface area contributed by atoms with E-state index in [1.807, 2.05) is 12.3 Å². The van der Waals surface area contributed by atoms with E-state index in [0.29, 0.717) is 6.04 Å². The van der Waals surface area contributed by atoms with Gasteiger partial charge < -0.3 is 9.47 Å². The summed E-state index contributed by atoms with van der Waals surface area (Å²) in [5, 5.41) is 0. The van der Waals surface area contributed by atoms with Gasteiger partial charge in [-0.3, -0.25) is 0 Å². The van der Waals surface area contributed by atoms with Crippen LogP contribution in [0, 0.1) is 5.92 Å². The predicted octanol–water partition coefficient (Wildman–Crippen LogP) is 3.11. The van der Waals surface area contributed by atoms with Crippen LogP contribution in [-0.4, -0.2) is 38.6 Å². The number of rotatable bonds is 5. The van der Waals surface area contributed by atoms with Crippen LogP contribution in [0.3, 0.4) is 0 Å². The molecule has 4 nitrogen and oxygen atoms in total. The summed E-state index contributed by atoms with van der Waals surface area (Å²) in [6, 6.07) is 4.71. The quantitative estimate of drug-likeness (QED) is 0.847. The van der Waals surface area contributed by atoms with Crippen molar-refractivity contribution in [3.05, 3.63) is 24.2 Å². The van der Waals surface area contributed by atoms with Crippen molar-refractivity contribution in [3.8, 4) is 0 Å². The number of hydrogen-bond donors (Lipinski definition) is 0. The van der Waals surface area contributed by atoms with Gasteiger partial charge in [0.05, 0.1) is 0 Å². The summed E-state index contributed by atoms with van der Waals surface area (Å²) < 4.78 is 2.33. The van der Waals surface area contributed by atoms with Crippen molar-refractivity contribution in [1.29, 1.82) is 0 Å². The van der Waals surface area contributed by atoms with Crippen LogP contribution in [0.5, 0.6) is 0 Å². The lowest BCUT2D eigenvalue weighted by Gasteiger charge is -2.20. The first-order chi connectivity index (χ1) is 10.2. The molecule has 21 heavy (non-hydrogen) atoms. The summed E-state index contributed by atoms with van der Waals surface area (Å²) in [6.07, 6.45) is 5.37. The summed E-state index contributed by atoms with van der Waals surface area (Å²) in [5.41, 5.74) is 2.09. The lowest BCUT2D eigenvalue weighted by Crippen LogP contribution is -2.28. The zero-order valence-corrected chi connectivity index (χ0v) is 13.4. The topological polar surface area (TPSA) is 34.0 Å². The Kier molecular flexibility index (Phi) is 4.24. The Balaban J connectivity index is 1.82. The lowest BCUT2D eigenvalue weighted by molar-refractivity contribution is 0.264. The fourth-order valence-electron chi connectivity index (χ4n) is 3.38. The summed E-state index contributed by atoms with van der Waals surface area (Å²) in [5.74, 6) is 1.96. The number of aryl methyl sites for hydroxylation is 1. The second kappa shape index (κ2) is 6.14. The highest BCUT2D eigenvalue weighted by Crippen LogP contribution is 2.24. The van der Waals surface area contributed by atoms with Gasteiger partial charge in [-0.15, -0.1) is 0 Å². The fourth-order valence-corrected chi connectivity index (χ4v) is 3.38.